The Bertz CT molecular complexity index is 466. The molecule has 0 aliphatic carbocycles. The monoisotopic (exact) mass is 199 g/mol. The molecular weight excluding hydrogens is 186 g/mol. The molecule has 1 aromatic heterocycles. The molecule has 0 aliphatic heterocycles. The molecule has 0 saturated carbocycles. The second kappa shape index (κ2) is 4.13. The molecule has 2 nitrogen and oxygen atoms in total. The maximum Gasteiger partial charge on any atom is 0.119 e. The van der Waals surface area contributed by atoms with Gasteiger partial charge < -0.3 is 4.74 Å². The van der Waals surface area contributed by atoms with E-state index in [1.807, 2.05) is 36.5 Å². The number of nitrogens with zero attached hydrogens (tertiary/aromatic N) is 1. The number of methoxy groups -OCH3 is 1. The van der Waals surface area contributed by atoms with Gasteiger partial charge in [0.2, 0.25) is 0 Å². The van der Waals surface area contributed by atoms with E-state index in [0.29, 0.717) is 0 Å². The van der Waals surface area contributed by atoms with Crippen LogP contribution in [-0.2, 0) is 0 Å². The first kappa shape index (κ1) is 9.71. The summed E-state index contributed by atoms with van der Waals surface area (Å²) in [6.07, 6.45) is 1.82. The standard InChI is InChI=1S/C13H13NO/c1-10-6-7-14-13(8-10)11-4-3-5-12(9-11)15-2/h3-9H,1-2H3. The lowest BCUT2D eigenvalue weighted by atomic mass is 10.1. The molecule has 1 heterocycles. The van der Waals surface area contributed by atoms with Crippen molar-refractivity contribution in [1.29, 1.82) is 0 Å². The molecular formula is C13H13NO. The third-order valence-electron chi connectivity index (χ3n) is 2.28. The lowest BCUT2D eigenvalue weighted by molar-refractivity contribution is 0.415. The van der Waals surface area contributed by atoms with Gasteiger partial charge in [0.25, 0.3) is 0 Å². The van der Waals surface area contributed by atoms with Crippen molar-refractivity contribution in [2.45, 2.75) is 6.92 Å². The topological polar surface area (TPSA) is 22.1 Å². The van der Waals surface area contributed by atoms with Crippen LogP contribution in [0.3, 0.4) is 0 Å². The van der Waals surface area contributed by atoms with Crippen LogP contribution in [0.5, 0.6) is 5.75 Å². The fourth-order valence-corrected chi connectivity index (χ4v) is 1.48. The van der Waals surface area contributed by atoms with E-state index in [9.17, 15) is 0 Å². The number of aromatic nitrogens is 1. The van der Waals surface area contributed by atoms with Gasteiger partial charge in [0.05, 0.1) is 12.8 Å². The van der Waals surface area contributed by atoms with Gasteiger partial charge in [-0.05, 0) is 36.8 Å². The molecule has 0 fully saturated rings. The van der Waals surface area contributed by atoms with Gasteiger partial charge in [0, 0.05) is 11.8 Å². The number of rotatable bonds is 2. The van der Waals surface area contributed by atoms with Crippen LogP contribution in [-0.4, -0.2) is 12.1 Å². The van der Waals surface area contributed by atoms with Gasteiger partial charge in [-0.2, -0.15) is 0 Å². The highest BCUT2D eigenvalue weighted by molar-refractivity contribution is 5.61. The molecule has 0 unspecified atom stereocenters. The van der Waals surface area contributed by atoms with E-state index in [1.165, 1.54) is 5.56 Å². The van der Waals surface area contributed by atoms with Gasteiger partial charge in [0.1, 0.15) is 5.75 Å². The summed E-state index contributed by atoms with van der Waals surface area (Å²) in [7, 11) is 1.67. The van der Waals surface area contributed by atoms with Gasteiger partial charge in [-0.15, -0.1) is 0 Å². The average Bonchev–Trinajstić information content (AvgIpc) is 2.29. The van der Waals surface area contributed by atoms with E-state index < -0.39 is 0 Å². The quantitative estimate of drug-likeness (QED) is 0.741. The maximum atomic E-state index is 5.18. The molecule has 0 spiro atoms. The van der Waals surface area contributed by atoms with Crippen molar-refractivity contribution in [3.8, 4) is 17.0 Å². The lowest BCUT2D eigenvalue weighted by Crippen LogP contribution is -1.86. The van der Waals surface area contributed by atoms with Crippen LogP contribution in [0, 0.1) is 6.92 Å². The number of benzene rings is 1. The summed E-state index contributed by atoms with van der Waals surface area (Å²) in [6.45, 7) is 2.06. The highest BCUT2D eigenvalue weighted by atomic mass is 16.5. The fourth-order valence-electron chi connectivity index (χ4n) is 1.48. The number of ether oxygens (including phenoxy) is 1. The third kappa shape index (κ3) is 2.15. The molecule has 76 valence electrons. The predicted molar refractivity (Wildman–Crippen MR) is 61.0 cm³/mol. The Morgan fingerprint density at radius 3 is 2.73 bits per heavy atom. The van der Waals surface area contributed by atoms with E-state index in [1.54, 1.807) is 7.11 Å². The molecule has 2 heteroatoms. The summed E-state index contributed by atoms with van der Waals surface area (Å²) >= 11 is 0. The van der Waals surface area contributed by atoms with Crippen LogP contribution in [0.4, 0.5) is 0 Å². The normalized spacial score (nSPS) is 10.0. The summed E-state index contributed by atoms with van der Waals surface area (Å²) < 4.78 is 5.18. The smallest absolute Gasteiger partial charge is 0.119 e. The van der Waals surface area contributed by atoms with Crippen LogP contribution in [0.15, 0.2) is 42.6 Å². The van der Waals surface area contributed by atoms with Crippen LogP contribution in [0.1, 0.15) is 5.56 Å². The van der Waals surface area contributed by atoms with Crippen molar-refractivity contribution >= 4 is 0 Å². The predicted octanol–water partition coefficient (Wildman–Crippen LogP) is 3.07. The molecule has 2 aromatic rings. The SMILES string of the molecule is COc1cccc(-c2cc(C)ccn2)c1. The van der Waals surface area contributed by atoms with Gasteiger partial charge in [-0.25, -0.2) is 0 Å². The average molecular weight is 199 g/mol. The molecule has 2 rings (SSSR count). The minimum absolute atomic E-state index is 0.857. The molecule has 0 atom stereocenters. The Morgan fingerprint density at radius 1 is 1.13 bits per heavy atom. The van der Waals surface area contributed by atoms with Crippen molar-refractivity contribution < 1.29 is 4.74 Å². The Kier molecular flexibility index (Phi) is 2.68. The van der Waals surface area contributed by atoms with Crippen LogP contribution >= 0.6 is 0 Å². The molecule has 0 saturated heterocycles. The number of hydrogen-bond donors (Lipinski definition) is 0. The minimum atomic E-state index is 0.857. The minimum Gasteiger partial charge on any atom is -0.497 e. The Morgan fingerprint density at radius 2 is 2.00 bits per heavy atom. The molecule has 0 amide bonds. The van der Waals surface area contributed by atoms with Gasteiger partial charge >= 0.3 is 0 Å². The summed E-state index contributed by atoms with van der Waals surface area (Å²) in [5, 5.41) is 0. The third-order valence-corrected chi connectivity index (χ3v) is 2.28. The van der Waals surface area contributed by atoms with Crippen molar-refractivity contribution in [2.24, 2.45) is 0 Å². The van der Waals surface area contributed by atoms with E-state index in [-0.39, 0.29) is 0 Å². The first-order valence-electron chi connectivity index (χ1n) is 4.86. The number of hydrogen-bond acceptors (Lipinski definition) is 2. The summed E-state index contributed by atoms with van der Waals surface area (Å²) in [5.41, 5.74) is 3.27. The molecule has 0 aliphatic rings. The summed E-state index contributed by atoms with van der Waals surface area (Å²) in [6, 6.07) is 12.0. The van der Waals surface area contributed by atoms with E-state index >= 15 is 0 Å². The second-order valence-corrected chi connectivity index (χ2v) is 3.45. The molecule has 0 radical (unpaired) electrons. The van der Waals surface area contributed by atoms with Gasteiger partial charge in [0.15, 0.2) is 0 Å². The van der Waals surface area contributed by atoms with Crippen LogP contribution < -0.4 is 4.74 Å². The van der Waals surface area contributed by atoms with Gasteiger partial charge in [-0.1, -0.05) is 12.1 Å². The largest absolute Gasteiger partial charge is 0.497 e. The zero-order valence-corrected chi connectivity index (χ0v) is 8.90. The van der Waals surface area contributed by atoms with Crippen LogP contribution in [0.2, 0.25) is 0 Å². The maximum absolute atomic E-state index is 5.18. The lowest BCUT2D eigenvalue weighted by Gasteiger charge is -2.04. The zero-order chi connectivity index (χ0) is 10.7. The molecule has 0 bridgehead atoms. The van der Waals surface area contributed by atoms with E-state index in [4.69, 9.17) is 4.74 Å². The number of pyridine rings is 1. The Labute approximate surface area is 89.6 Å². The summed E-state index contributed by atoms with van der Waals surface area (Å²) in [4.78, 5) is 4.33. The van der Waals surface area contributed by atoms with Crippen molar-refractivity contribution in [2.75, 3.05) is 7.11 Å². The zero-order valence-electron chi connectivity index (χ0n) is 8.90. The molecule has 1 aromatic carbocycles. The van der Waals surface area contributed by atoms with E-state index in [0.717, 1.165) is 17.0 Å². The Hall–Kier alpha value is -1.83. The highest BCUT2D eigenvalue weighted by Gasteiger charge is 2.00. The first-order valence-corrected chi connectivity index (χ1v) is 4.86. The molecule has 15 heavy (non-hydrogen) atoms. The fraction of sp³-hybridized carbons (Fsp3) is 0.154. The van der Waals surface area contributed by atoms with E-state index in [2.05, 4.69) is 18.0 Å². The first-order chi connectivity index (χ1) is 7.29. The van der Waals surface area contributed by atoms with Crippen LogP contribution in [0.25, 0.3) is 11.3 Å². The van der Waals surface area contributed by atoms with Crippen molar-refractivity contribution in [3.63, 3.8) is 0 Å². The Balaban J connectivity index is 2.44. The second-order valence-electron chi connectivity index (χ2n) is 3.45. The van der Waals surface area contributed by atoms with Crippen molar-refractivity contribution in [3.05, 3.63) is 48.2 Å². The highest BCUT2D eigenvalue weighted by Crippen LogP contribution is 2.22. The molecule has 0 N–H and O–H groups in total. The summed E-state index contributed by atoms with van der Waals surface area (Å²) in [5.74, 6) is 0.857. The van der Waals surface area contributed by atoms with Crippen molar-refractivity contribution in [1.82, 2.24) is 4.98 Å². The number of aryl methyl sites for hydroxylation is 1. The van der Waals surface area contributed by atoms with Gasteiger partial charge in [-0.3, -0.25) is 4.98 Å².